The summed E-state index contributed by atoms with van der Waals surface area (Å²) in [5.41, 5.74) is 0.787. The summed E-state index contributed by atoms with van der Waals surface area (Å²) in [5.74, 6) is 0. The predicted octanol–water partition coefficient (Wildman–Crippen LogP) is 2.19. The van der Waals surface area contributed by atoms with Crippen molar-refractivity contribution >= 4 is 10.0 Å². The third-order valence-corrected chi connectivity index (χ3v) is 4.80. The highest BCUT2D eigenvalue weighted by Crippen LogP contribution is 2.18. The van der Waals surface area contributed by atoms with Crippen molar-refractivity contribution < 1.29 is 8.42 Å². The van der Waals surface area contributed by atoms with Crippen LogP contribution >= 0.6 is 0 Å². The van der Waals surface area contributed by atoms with Crippen LogP contribution < -0.4 is 0 Å². The molecule has 0 fully saturated rings. The molecule has 0 amide bonds. The molecule has 0 N–H and O–H groups in total. The Labute approximate surface area is 124 Å². The van der Waals surface area contributed by atoms with Gasteiger partial charge in [-0.25, -0.2) is 8.42 Å². The van der Waals surface area contributed by atoms with Crippen LogP contribution in [0, 0.1) is 11.3 Å². The molecule has 0 spiro atoms. The first-order valence-corrected chi connectivity index (χ1v) is 7.89. The number of rotatable bonds is 6. The van der Waals surface area contributed by atoms with Gasteiger partial charge in [0.2, 0.25) is 10.0 Å². The second kappa shape index (κ2) is 6.97. The van der Waals surface area contributed by atoms with Crippen LogP contribution in [-0.2, 0) is 16.6 Å². The molecule has 0 atom stereocenters. The van der Waals surface area contributed by atoms with Crippen molar-refractivity contribution in [3.05, 3.63) is 60.4 Å². The highest BCUT2D eigenvalue weighted by atomic mass is 32.2. The molecule has 0 aliphatic carbocycles. The van der Waals surface area contributed by atoms with Gasteiger partial charge in [0.15, 0.2) is 0 Å². The fourth-order valence-corrected chi connectivity index (χ4v) is 3.35. The number of nitriles is 1. The van der Waals surface area contributed by atoms with E-state index in [4.69, 9.17) is 5.26 Å². The number of benzene rings is 1. The molecule has 108 valence electrons. The zero-order valence-corrected chi connectivity index (χ0v) is 12.2. The van der Waals surface area contributed by atoms with Gasteiger partial charge in [-0.05, 0) is 23.8 Å². The third-order valence-electron chi connectivity index (χ3n) is 2.94. The summed E-state index contributed by atoms with van der Waals surface area (Å²) in [7, 11) is -3.62. The first-order chi connectivity index (χ1) is 10.1. The second-order valence-corrected chi connectivity index (χ2v) is 6.36. The van der Waals surface area contributed by atoms with Gasteiger partial charge in [-0.1, -0.05) is 24.3 Å². The van der Waals surface area contributed by atoms with E-state index in [1.807, 2.05) is 12.1 Å². The molecule has 5 nitrogen and oxygen atoms in total. The maximum atomic E-state index is 12.6. The summed E-state index contributed by atoms with van der Waals surface area (Å²) in [6.07, 6.45) is 3.40. The fraction of sp³-hybridized carbons (Fsp3) is 0.200. The van der Waals surface area contributed by atoms with Crippen LogP contribution in [0.5, 0.6) is 0 Å². The summed E-state index contributed by atoms with van der Waals surface area (Å²) < 4.78 is 26.6. The van der Waals surface area contributed by atoms with Crippen molar-refractivity contribution in [2.24, 2.45) is 0 Å². The number of pyridine rings is 1. The number of hydrogen-bond acceptors (Lipinski definition) is 4. The van der Waals surface area contributed by atoms with E-state index in [1.165, 1.54) is 4.31 Å². The lowest BCUT2D eigenvalue weighted by atomic mass is 10.3. The molecular weight excluding hydrogens is 286 g/mol. The number of hydrogen-bond donors (Lipinski definition) is 0. The molecule has 0 radical (unpaired) electrons. The number of nitrogens with zero attached hydrogens (tertiary/aromatic N) is 3. The molecular formula is C15H15N3O2S. The minimum atomic E-state index is -3.62. The van der Waals surface area contributed by atoms with Crippen molar-refractivity contribution in [1.29, 1.82) is 5.26 Å². The molecule has 0 saturated carbocycles. The van der Waals surface area contributed by atoms with Crippen LogP contribution in [0.4, 0.5) is 0 Å². The molecule has 2 aromatic rings. The highest BCUT2D eigenvalue weighted by Gasteiger charge is 2.24. The smallest absolute Gasteiger partial charge is 0.243 e. The molecule has 1 aromatic heterocycles. The Morgan fingerprint density at radius 3 is 2.52 bits per heavy atom. The van der Waals surface area contributed by atoms with Crippen molar-refractivity contribution in [1.82, 2.24) is 9.29 Å². The van der Waals surface area contributed by atoms with Crippen molar-refractivity contribution in [2.75, 3.05) is 6.54 Å². The number of aromatic nitrogens is 1. The second-order valence-electron chi connectivity index (χ2n) is 4.42. The third kappa shape index (κ3) is 3.88. The van der Waals surface area contributed by atoms with E-state index in [1.54, 1.807) is 48.8 Å². The molecule has 0 bridgehead atoms. The van der Waals surface area contributed by atoms with Crippen LogP contribution in [0.1, 0.15) is 12.0 Å². The van der Waals surface area contributed by atoms with Crippen molar-refractivity contribution in [3.63, 3.8) is 0 Å². The maximum Gasteiger partial charge on any atom is 0.243 e. The minimum absolute atomic E-state index is 0.145. The highest BCUT2D eigenvalue weighted by molar-refractivity contribution is 7.89. The Morgan fingerprint density at radius 1 is 1.14 bits per heavy atom. The van der Waals surface area contributed by atoms with Gasteiger partial charge < -0.3 is 0 Å². The normalized spacial score (nSPS) is 11.2. The van der Waals surface area contributed by atoms with Crippen LogP contribution in [0.2, 0.25) is 0 Å². The van der Waals surface area contributed by atoms with Crippen LogP contribution in [-0.4, -0.2) is 24.3 Å². The lowest BCUT2D eigenvalue weighted by Crippen LogP contribution is -2.31. The van der Waals surface area contributed by atoms with Crippen LogP contribution in [0.15, 0.2) is 59.8 Å². The van der Waals surface area contributed by atoms with Crippen LogP contribution in [0.3, 0.4) is 0 Å². The average Bonchev–Trinajstić information content (AvgIpc) is 2.53. The molecule has 0 unspecified atom stereocenters. The van der Waals surface area contributed by atoms with Crippen molar-refractivity contribution in [3.8, 4) is 6.07 Å². The SMILES string of the molecule is N#CCCN(Cc1cccnc1)S(=O)(=O)c1ccccc1. The van der Waals surface area contributed by atoms with Gasteiger partial charge in [0, 0.05) is 31.9 Å². The quantitative estimate of drug-likeness (QED) is 0.819. The predicted molar refractivity (Wildman–Crippen MR) is 78.5 cm³/mol. The van der Waals surface area contributed by atoms with Gasteiger partial charge in [0.25, 0.3) is 0 Å². The van der Waals surface area contributed by atoms with Gasteiger partial charge in [0.05, 0.1) is 11.0 Å². The molecule has 6 heteroatoms. The van der Waals surface area contributed by atoms with E-state index >= 15 is 0 Å². The first-order valence-electron chi connectivity index (χ1n) is 6.45. The zero-order valence-electron chi connectivity index (χ0n) is 11.4. The number of sulfonamides is 1. The Hall–Kier alpha value is -2.23. The average molecular weight is 301 g/mol. The summed E-state index contributed by atoms with van der Waals surface area (Å²) in [4.78, 5) is 4.21. The van der Waals surface area contributed by atoms with E-state index in [0.717, 1.165) is 5.56 Å². The summed E-state index contributed by atoms with van der Waals surface area (Å²) >= 11 is 0. The Morgan fingerprint density at radius 2 is 1.90 bits per heavy atom. The summed E-state index contributed by atoms with van der Waals surface area (Å²) in [6, 6.07) is 13.8. The molecule has 0 aliphatic rings. The monoisotopic (exact) mass is 301 g/mol. The van der Waals surface area contributed by atoms with E-state index in [9.17, 15) is 8.42 Å². The summed E-state index contributed by atoms with van der Waals surface area (Å²) in [5, 5.41) is 8.73. The van der Waals surface area contributed by atoms with E-state index < -0.39 is 10.0 Å². The Kier molecular flexibility index (Phi) is 5.04. The largest absolute Gasteiger partial charge is 0.264 e. The topological polar surface area (TPSA) is 74.1 Å². The zero-order chi connectivity index (χ0) is 15.1. The lowest BCUT2D eigenvalue weighted by Gasteiger charge is -2.21. The molecule has 21 heavy (non-hydrogen) atoms. The van der Waals surface area contributed by atoms with Gasteiger partial charge in [-0.15, -0.1) is 0 Å². The first kappa shape index (κ1) is 15.2. The summed E-state index contributed by atoms with van der Waals surface area (Å²) in [6.45, 7) is 0.357. The molecule has 1 heterocycles. The molecule has 2 rings (SSSR count). The molecule has 0 saturated heterocycles. The van der Waals surface area contributed by atoms with Gasteiger partial charge in [-0.2, -0.15) is 9.57 Å². The van der Waals surface area contributed by atoms with Crippen LogP contribution in [0.25, 0.3) is 0 Å². The van der Waals surface area contributed by atoms with Gasteiger partial charge >= 0.3 is 0 Å². The lowest BCUT2D eigenvalue weighted by molar-refractivity contribution is 0.413. The van der Waals surface area contributed by atoms with E-state index in [0.29, 0.717) is 0 Å². The maximum absolute atomic E-state index is 12.6. The van der Waals surface area contributed by atoms with Gasteiger partial charge in [-0.3, -0.25) is 4.98 Å². The minimum Gasteiger partial charge on any atom is -0.264 e. The Bertz CT molecular complexity index is 710. The van der Waals surface area contributed by atoms with Crippen molar-refractivity contribution in [2.45, 2.75) is 17.9 Å². The van der Waals surface area contributed by atoms with E-state index in [2.05, 4.69) is 4.98 Å². The van der Waals surface area contributed by atoms with Gasteiger partial charge in [0.1, 0.15) is 0 Å². The Balaban J connectivity index is 2.30. The fourth-order valence-electron chi connectivity index (χ4n) is 1.90. The van der Waals surface area contributed by atoms with E-state index in [-0.39, 0.29) is 24.4 Å². The molecule has 1 aromatic carbocycles. The standard InChI is InChI=1S/C15H15N3O2S/c16-9-5-11-18(13-14-6-4-10-17-12-14)21(19,20)15-7-2-1-3-8-15/h1-4,6-8,10,12H,5,11,13H2. The molecule has 0 aliphatic heterocycles.